The number of hydrogen-bond acceptors (Lipinski definition) is 6. The summed E-state index contributed by atoms with van der Waals surface area (Å²) in [5, 5.41) is 9.21. The Bertz CT molecular complexity index is 928. The van der Waals surface area contributed by atoms with Gasteiger partial charge >= 0.3 is 5.97 Å². The molecule has 0 aliphatic heterocycles. The molecule has 10 heteroatoms. The van der Waals surface area contributed by atoms with E-state index in [2.05, 4.69) is 0 Å². The van der Waals surface area contributed by atoms with E-state index in [9.17, 15) is 23.3 Å². The molecule has 0 saturated heterocycles. The smallest absolute Gasteiger partial charge is 0.329 e. The molecule has 0 amide bonds. The summed E-state index contributed by atoms with van der Waals surface area (Å²) >= 11 is 11.7. The van der Waals surface area contributed by atoms with Crippen molar-refractivity contribution in [2.24, 2.45) is 0 Å². The summed E-state index contributed by atoms with van der Waals surface area (Å²) in [5.41, 5.74) is -0.264. The van der Waals surface area contributed by atoms with E-state index in [0.717, 1.165) is 31.2 Å². The van der Waals surface area contributed by atoms with Crippen molar-refractivity contribution in [2.45, 2.75) is 17.1 Å². The standard InChI is InChI=1S/C15H11Cl2NO6S/c1-9(15(19)24-13-4-2-3-12(16)14(13)17)25(22,23)11-7-5-10(6-8-11)18(20)21/h2-9H,1H3/t9-/m0/s1. The van der Waals surface area contributed by atoms with Crippen LogP contribution in [-0.4, -0.2) is 24.6 Å². The molecule has 0 radical (unpaired) electrons. The van der Waals surface area contributed by atoms with Crippen molar-refractivity contribution < 1.29 is 22.9 Å². The van der Waals surface area contributed by atoms with Crippen LogP contribution in [0.4, 0.5) is 5.69 Å². The number of benzene rings is 2. The number of nitrogens with zero attached hydrogens (tertiary/aromatic N) is 1. The number of nitro benzene ring substituents is 1. The third kappa shape index (κ3) is 4.09. The molecule has 0 fully saturated rings. The molecule has 2 aromatic rings. The zero-order valence-electron chi connectivity index (χ0n) is 12.7. The Hall–Kier alpha value is -2.16. The van der Waals surface area contributed by atoms with Crippen molar-refractivity contribution in [2.75, 3.05) is 0 Å². The van der Waals surface area contributed by atoms with Crippen LogP contribution in [-0.2, 0) is 14.6 Å². The van der Waals surface area contributed by atoms with Crippen LogP contribution in [0.15, 0.2) is 47.4 Å². The van der Waals surface area contributed by atoms with E-state index in [4.69, 9.17) is 27.9 Å². The maximum Gasteiger partial charge on any atom is 0.329 e. The van der Waals surface area contributed by atoms with Crippen molar-refractivity contribution in [3.8, 4) is 5.75 Å². The summed E-state index contributed by atoms with van der Waals surface area (Å²) in [5.74, 6) is -1.12. The van der Waals surface area contributed by atoms with E-state index in [1.807, 2.05) is 0 Å². The van der Waals surface area contributed by atoms with Gasteiger partial charge in [-0.1, -0.05) is 29.3 Å². The summed E-state index contributed by atoms with van der Waals surface area (Å²) < 4.78 is 29.9. The monoisotopic (exact) mass is 403 g/mol. The number of non-ortho nitro benzene ring substituents is 1. The summed E-state index contributed by atoms with van der Waals surface area (Å²) in [7, 11) is -4.10. The number of nitro groups is 1. The average Bonchev–Trinajstić information content (AvgIpc) is 2.58. The van der Waals surface area contributed by atoms with Gasteiger partial charge in [-0.05, 0) is 31.2 Å². The van der Waals surface area contributed by atoms with Gasteiger partial charge in [-0.2, -0.15) is 0 Å². The fraction of sp³-hybridized carbons (Fsp3) is 0.133. The van der Waals surface area contributed by atoms with E-state index in [1.165, 1.54) is 18.2 Å². The Morgan fingerprint density at radius 3 is 2.32 bits per heavy atom. The van der Waals surface area contributed by atoms with E-state index >= 15 is 0 Å². The normalized spacial score (nSPS) is 12.4. The molecule has 0 bridgehead atoms. The highest BCUT2D eigenvalue weighted by Crippen LogP contribution is 2.32. The molecular formula is C15H11Cl2NO6S. The third-order valence-corrected chi connectivity index (χ3v) is 6.15. The number of ether oxygens (including phenoxy) is 1. The minimum atomic E-state index is -4.10. The molecule has 0 heterocycles. The predicted molar refractivity (Wildman–Crippen MR) is 91.8 cm³/mol. The van der Waals surface area contributed by atoms with Crippen LogP contribution in [0.1, 0.15) is 6.92 Å². The third-order valence-electron chi connectivity index (χ3n) is 3.30. The zero-order chi connectivity index (χ0) is 18.8. The Balaban J connectivity index is 2.25. The van der Waals surface area contributed by atoms with Crippen molar-refractivity contribution in [1.29, 1.82) is 0 Å². The Morgan fingerprint density at radius 2 is 1.76 bits per heavy atom. The lowest BCUT2D eigenvalue weighted by atomic mass is 10.3. The highest BCUT2D eigenvalue weighted by molar-refractivity contribution is 7.92. The first-order valence-electron chi connectivity index (χ1n) is 6.78. The first-order chi connectivity index (χ1) is 11.6. The molecule has 2 aromatic carbocycles. The van der Waals surface area contributed by atoms with Crippen molar-refractivity contribution in [3.63, 3.8) is 0 Å². The number of hydrogen-bond donors (Lipinski definition) is 0. The minimum absolute atomic E-state index is 0.0162. The van der Waals surface area contributed by atoms with Gasteiger partial charge < -0.3 is 4.74 Å². The van der Waals surface area contributed by atoms with Crippen LogP contribution in [0, 0.1) is 10.1 Å². The SMILES string of the molecule is C[C@@H](C(=O)Oc1cccc(Cl)c1Cl)S(=O)(=O)c1ccc([N+](=O)[O-])cc1. The largest absolute Gasteiger partial charge is 0.424 e. The van der Waals surface area contributed by atoms with Crippen LogP contribution in [0.25, 0.3) is 0 Å². The maximum atomic E-state index is 12.5. The molecule has 0 unspecified atom stereocenters. The summed E-state index contributed by atoms with van der Waals surface area (Å²) in [6.45, 7) is 1.15. The molecule has 0 aliphatic carbocycles. The summed E-state index contributed by atoms with van der Waals surface area (Å²) in [6, 6.07) is 8.55. The number of halogens is 2. The quantitative estimate of drug-likeness (QED) is 0.326. The van der Waals surface area contributed by atoms with Crippen LogP contribution in [0.5, 0.6) is 5.75 Å². The van der Waals surface area contributed by atoms with Crippen LogP contribution in [0.2, 0.25) is 10.0 Å². The number of esters is 1. The summed E-state index contributed by atoms with van der Waals surface area (Å²) in [6.07, 6.45) is 0. The topological polar surface area (TPSA) is 104 Å². The van der Waals surface area contributed by atoms with Crippen molar-refractivity contribution in [1.82, 2.24) is 0 Å². The molecule has 2 rings (SSSR count). The molecule has 0 saturated carbocycles. The fourth-order valence-corrected chi connectivity index (χ4v) is 3.40. The Kier molecular flexibility index (Phi) is 5.66. The first kappa shape index (κ1) is 19.2. The molecule has 1 atom stereocenters. The molecule has 7 nitrogen and oxygen atoms in total. The lowest BCUT2D eigenvalue weighted by Crippen LogP contribution is -2.31. The number of sulfone groups is 1. The van der Waals surface area contributed by atoms with Gasteiger partial charge in [-0.25, -0.2) is 8.42 Å². The van der Waals surface area contributed by atoms with Crippen LogP contribution < -0.4 is 4.74 Å². The predicted octanol–water partition coefficient (Wildman–Crippen LogP) is 3.67. The van der Waals surface area contributed by atoms with Crippen molar-refractivity contribution in [3.05, 3.63) is 62.6 Å². The molecule has 0 spiro atoms. The maximum absolute atomic E-state index is 12.5. The Labute approximate surface area is 153 Å². The minimum Gasteiger partial charge on any atom is -0.424 e. The Morgan fingerprint density at radius 1 is 1.16 bits per heavy atom. The highest BCUT2D eigenvalue weighted by Gasteiger charge is 2.32. The first-order valence-corrected chi connectivity index (χ1v) is 9.09. The van der Waals surface area contributed by atoms with E-state index < -0.39 is 26.0 Å². The molecule has 0 aromatic heterocycles. The molecule has 0 N–H and O–H groups in total. The number of carbonyl (C=O) groups excluding carboxylic acids is 1. The molecule has 25 heavy (non-hydrogen) atoms. The van der Waals surface area contributed by atoms with Gasteiger partial charge in [0.2, 0.25) is 0 Å². The van der Waals surface area contributed by atoms with E-state index in [1.54, 1.807) is 0 Å². The molecule has 0 aliphatic rings. The van der Waals surface area contributed by atoms with Crippen molar-refractivity contribution >= 4 is 44.7 Å². The second kappa shape index (κ2) is 7.38. The molecular weight excluding hydrogens is 393 g/mol. The van der Waals surface area contributed by atoms with Gasteiger partial charge in [0.15, 0.2) is 20.8 Å². The van der Waals surface area contributed by atoms with Gasteiger partial charge in [-0.15, -0.1) is 0 Å². The van der Waals surface area contributed by atoms with Crippen LogP contribution in [0.3, 0.4) is 0 Å². The summed E-state index contributed by atoms with van der Waals surface area (Å²) in [4.78, 5) is 21.9. The number of carbonyl (C=O) groups is 1. The van der Waals surface area contributed by atoms with E-state index in [0.29, 0.717) is 0 Å². The van der Waals surface area contributed by atoms with E-state index in [-0.39, 0.29) is 26.4 Å². The fourth-order valence-electron chi connectivity index (χ4n) is 1.84. The number of rotatable bonds is 5. The van der Waals surface area contributed by atoms with Gasteiger partial charge in [0.25, 0.3) is 5.69 Å². The lowest BCUT2D eigenvalue weighted by molar-refractivity contribution is -0.384. The van der Waals surface area contributed by atoms with Gasteiger partial charge in [0.1, 0.15) is 5.02 Å². The zero-order valence-corrected chi connectivity index (χ0v) is 15.0. The highest BCUT2D eigenvalue weighted by atomic mass is 35.5. The average molecular weight is 404 g/mol. The second-order valence-electron chi connectivity index (χ2n) is 4.91. The van der Waals surface area contributed by atoms with Gasteiger partial charge in [0.05, 0.1) is 14.8 Å². The molecule has 132 valence electrons. The lowest BCUT2D eigenvalue weighted by Gasteiger charge is -2.13. The van der Waals surface area contributed by atoms with Gasteiger partial charge in [-0.3, -0.25) is 14.9 Å². The second-order valence-corrected chi connectivity index (χ2v) is 7.96. The van der Waals surface area contributed by atoms with Crippen LogP contribution >= 0.6 is 23.2 Å². The van der Waals surface area contributed by atoms with Gasteiger partial charge in [0, 0.05) is 12.1 Å².